The third-order valence-corrected chi connectivity index (χ3v) is 7.62. The molecule has 2 aromatic carbocycles. The van der Waals surface area contributed by atoms with E-state index in [0.717, 1.165) is 12.2 Å². The summed E-state index contributed by atoms with van der Waals surface area (Å²) in [6, 6.07) is 9.60. The Labute approximate surface area is 234 Å². The standard InChI is InChI=1S/C31H45Cl2NO3/c1-3-4-5-6-7-8-9-10-11-12-13-14-15-17-25-18-16-19-26(22-25)37-21-20-29(35)34-28-23-27(32)24(2)30(33)31(28)36/h16,18-19,22-23,36H,3-15,17,20-21H2,1-2H3,(H,34,35). The van der Waals surface area contributed by atoms with Crippen molar-refractivity contribution in [2.24, 2.45) is 0 Å². The predicted molar refractivity (Wildman–Crippen MR) is 157 cm³/mol. The van der Waals surface area contributed by atoms with E-state index in [2.05, 4.69) is 24.4 Å². The van der Waals surface area contributed by atoms with E-state index >= 15 is 0 Å². The predicted octanol–water partition coefficient (Wildman–Crippen LogP) is 10.0. The second-order valence-electron chi connectivity index (χ2n) is 9.98. The van der Waals surface area contributed by atoms with Gasteiger partial charge in [0.2, 0.25) is 5.91 Å². The Hall–Kier alpha value is -1.91. The van der Waals surface area contributed by atoms with Gasteiger partial charge in [0.25, 0.3) is 0 Å². The quantitative estimate of drug-likeness (QED) is 0.135. The first-order valence-electron chi connectivity index (χ1n) is 14.1. The number of phenolic OH excluding ortho intramolecular Hbond substituents is 1. The number of benzene rings is 2. The lowest BCUT2D eigenvalue weighted by molar-refractivity contribution is -0.116. The largest absolute Gasteiger partial charge is 0.504 e. The third-order valence-electron chi connectivity index (χ3n) is 6.76. The van der Waals surface area contributed by atoms with Crippen molar-refractivity contribution in [2.45, 2.75) is 110 Å². The highest BCUT2D eigenvalue weighted by Crippen LogP contribution is 2.38. The first-order chi connectivity index (χ1) is 17.9. The van der Waals surface area contributed by atoms with Crippen LogP contribution in [0.25, 0.3) is 0 Å². The van der Waals surface area contributed by atoms with Crippen molar-refractivity contribution in [1.29, 1.82) is 0 Å². The first-order valence-corrected chi connectivity index (χ1v) is 14.9. The number of aryl methyl sites for hydroxylation is 1. The van der Waals surface area contributed by atoms with Crippen molar-refractivity contribution in [3.05, 3.63) is 51.5 Å². The summed E-state index contributed by atoms with van der Waals surface area (Å²) in [5.41, 5.74) is 2.03. The molecule has 0 aliphatic rings. The Morgan fingerprint density at radius 3 is 2.11 bits per heavy atom. The van der Waals surface area contributed by atoms with E-state index in [9.17, 15) is 9.90 Å². The maximum Gasteiger partial charge on any atom is 0.227 e. The van der Waals surface area contributed by atoms with Crippen molar-refractivity contribution in [1.82, 2.24) is 0 Å². The minimum Gasteiger partial charge on any atom is -0.504 e. The number of ether oxygens (including phenoxy) is 1. The fourth-order valence-electron chi connectivity index (χ4n) is 4.41. The number of aromatic hydroxyl groups is 1. The Balaban J connectivity index is 1.57. The van der Waals surface area contributed by atoms with Crippen LogP contribution in [0.2, 0.25) is 10.0 Å². The molecule has 1 amide bonds. The highest BCUT2D eigenvalue weighted by molar-refractivity contribution is 6.37. The maximum atomic E-state index is 12.3. The molecule has 0 radical (unpaired) electrons. The Kier molecular flexibility index (Phi) is 15.5. The lowest BCUT2D eigenvalue weighted by Gasteiger charge is -2.12. The van der Waals surface area contributed by atoms with E-state index in [-0.39, 0.29) is 35.4 Å². The summed E-state index contributed by atoms with van der Waals surface area (Å²) >= 11 is 12.2. The SMILES string of the molecule is CCCCCCCCCCCCCCCc1cccc(OCCC(=O)Nc2cc(Cl)c(C)c(Cl)c2O)c1. The van der Waals surface area contributed by atoms with Gasteiger partial charge in [-0.3, -0.25) is 4.79 Å². The maximum absolute atomic E-state index is 12.3. The number of carbonyl (C=O) groups excluding carboxylic acids is 1. The summed E-state index contributed by atoms with van der Waals surface area (Å²) in [5, 5.41) is 13.3. The Morgan fingerprint density at radius 2 is 1.49 bits per heavy atom. The smallest absolute Gasteiger partial charge is 0.227 e. The van der Waals surface area contributed by atoms with Gasteiger partial charge in [-0.1, -0.05) is 119 Å². The molecule has 0 aliphatic heterocycles. The molecule has 0 bridgehead atoms. The van der Waals surface area contributed by atoms with Crippen LogP contribution in [-0.2, 0) is 11.2 Å². The number of hydrogen-bond acceptors (Lipinski definition) is 3. The zero-order valence-corrected chi connectivity index (χ0v) is 24.2. The van der Waals surface area contributed by atoms with Crippen LogP contribution >= 0.6 is 23.2 Å². The van der Waals surface area contributed by atoms with Crippen molar-refractivity contribution in [2.75, 3.05) is 11.9 Å². The molecule has 2 aromatic rings. The number of anilines is 1. The van der Waals surface area contributed by atoms with E-state index in [1.165, 1.54) is 95.1 Å². The van der Waals surface area contributed by atoms with Crippen LogP contribution in [0.1, 0.15) is 108 Å². The van der Waals surface area contributed by atoms with Crippen LogP contribution < -0.4 is 10.1 Å². The van der Waals surface area contributed by atoms with Gasteiger partial charge in [-0.15, -0.1) is 0 Å². The van der Waals surface area contributed by atoms with Gasteiger partial charge in [-0.25, -0.2) is 0 Å². The normalized spacial score (nSPS) is 11.0. The number of carbonyl (C=O) groups is 1. The zero-order chi connectivity index (χ0) is 26.9. The van der Waals surface area contributed by atoms with Crippen molar-refractivity contribution >= 4 is 34.8 Å². The topological polar surface area (TPSA) is 58.6 Å². The molecule has 0 heterocycles. The number of unbranched alkanes of at least 4 members (excludes halogenated alkanes) is 12. The Morgan fingerprint density at radius 1 is 0.892 bits per heavy atom. The van der Waals surface area contributed by atoms with Gasteiger partial charge in [0.1, 0.15) is 5.75 Å². The number of halogens is 2. The fourth-order valence-corrected chi connectivity index (χ4v) is 4.87. The van der Waals surface area contributed by atoms with E-state index < -0.39 is 0 Å². The van der Waals surface area contributed by atoms with Gasteiger partial charge >= 0.3 is 0 Å². The molecule has 37 heavy (non-hydrogen) atoms. The second kappa shape index (κ2) is 18.4. The Bertz CT molecular complexity index is 948. The molecule has 0 fully saturated rings. The molecule has 0 aromatic heterocycles. The molecular weight excluding hydrogens is 505 g/mol. The summed E-state index contributed by atoms with van der Waals surface area (Å²) < 4.78 is 5.80. The summed E-state index contributed by atoms with van der Waals surface area (Å²) in [6.45, 7) is 4.22. The molecule has 6 heteroatoms. The van der Waals surface area contributed by atoms with Gasteiger partial charge in [0, 0.05) is 5.02 Å². The molecule has 0 atom stereocenters. The number of amides is 1. The first kappa shape index (κ1) is 31.3. The molecule has 0 saturated carbocycles. The summed E-state index contributed by atoms with van der Waals surface area (Å²) in [7, 11) is 0. The number of hydrogen-bond donors (Lipinski definition) is 2. The highest BCUT2D eigenvalue weighted by atomic mass is 35.5. The molecule has 0 saturated heterocycles. The van der Waals surface area contributed by atoms with Crippen LogP contribution in [0, 0.1) is 6.92 Å². The monoisotopic (exact) mass is 549 g/mol. The lowest BCUT2D eigenvalue weighted by atomic mass is 10.0. The van der Waals surface area contributed by atoms with Crippen LogP contribution in [0.5, 0.6) is 11.5 Å². The molecule has 0 aliphatic carbocycles. The molecule has 2 N–H and O–H groups in total. The number of rotatable bonds is 19. The third kappa shape index (κ3) is 12.5. The van der Waals surface area contributed by atoms with E-state index in [1.54, 1.807) is 6.92 Å². The van der Waals surface area contributed by atoms with E-state index in [4.69, 9.17) is 27.9 Å². The highest BCUT2D eigenvalue weighted by Gasteiger charge is 2.14. The van der Waals surface area contributed by atoms with Gasteiger partial charge in [0.05, 0.1) is 23.7 Å². The summed E-state index contributed by atoms with van der Waals surface area (Å²) in [5.74, 6) is 0.303. The summed E-state index contributed by atoms with van der Waals surface area (Å²) in [4.78, 5) is 12.3. The molecule has 0 spiro atoms. The molecule has 0 unspecified atom stereocenters. The van der Waals surface area contributed by atoms with Crippen molar-refractivity contribution < 1.29 is 14.6 Å². The van der Waals surface area contributed by atoms with Crippen LogP contribution in [0.4, 0.5) is 5.69 Å². The molecule has 4 nitrogen and oxygen atoms in total. The van der Waals surface area contributed by atoms with Crippen molar-refractivity contribution in [3.8, 4) is 11.5 Å². The summed E-state index contributed by atoms with van der Waals surface area (Å²) in [6.07, 6.45) is 18.8. The van der Waals surface area contributed by atoms with Crippen LogP contribution in [0.15, 0.2) is 30.3 Å². The van der Waals surface area contributed by atoms with Crippen LogP contribution in [-0.4, -0.2) is 17.6 Å². The average Bonchev–Trinajstić information content (AvgIpc) is 2.89. The van der Waals surface area contributed by atoms with Crippen molar-refractivity contribution in [3.63, 3.8) is 0 Å². The average molecular weight is 551 g/mol. The van der Waals surface area contributed by atoms with Crippen LogP contribution in [0.3, 0.4) is 0 Å². The molecule has 206 valence electrons. The number of phenols is 1. The molecule has 2 rings (SSSR count). The van der Waals surface area contributed by atoms with Gasteiger partial charge in [-0.05, 0) is 49.1 Å². The minimum atomic E-state index is -0.283. The second-order valence-corrected chi connectivity index (χ2v) is 10.8. The zero-order valence-electron chi connectivity index (χ0n) is 22.7. The lowest BCUT2D eigenvalue weighted by Crippen LogP contribution is -2.15. The fraction of sp³-hybridized carbons (Fsp3) is 0.581. The minimum absolute atomic E-state index is 0.138. The molecular formula is C31H45Cl2NO3. The van der Waals surface area contributed by atoms with E-state index in [1.807, 2.05) is 12.1 Å². The van der Waals surface area contributed by atoms with E-state index in [0.29, 0.717) is 10.6 Å². The van der Waals surface area contributed by atoms with Gasteiger partial charge in [-0.2, -0.15) is 0 Å². The van der Waals surface area contributed by atoms with Gasteiger partial charge in [0.15, 0.2) is 5.75 Å². The number of nitrogens with one attached hydrogen (secondary N) is 1. The van der Waals surface area contributed by atoms with Gasteiger partial charge < -0.3 is 15.2 Å².